The van der Waals surface area contributed by atoms with Crippen LogP contribution in [0.2, 0.25) is 5.02 Å². The third-order valence-corrected chi connectivity index (χ3v) is 5.15. The van der Waals surface area contributed by atoms with Crippen LogP contribution in [0.1, 0.15) is 68.1 Å². The number of anilines is 1. The minimum absolute atomic E-state index is 0.0954. The van der Waals surface area contributed by atoms with E-state index in [2.05, 4.69) is 42.6 Å². The van der Waals surface area contributed by atoms with Gasteiger partial charge in [0.15, 0.2) is 5.89 Å². The highest BCUT2D eigenvalue weighted by Gasteiger charge is 2.28. The van der Waals surface area contributed by atoms with Gasteiger partial charge in [0.25, 0.3) is 5.91 Å². The molecule has 1 aliphatic carbocycles. The fourth-order valence-electron chi connectivity index (χ4n) is 3.05. The molecule has 0 atom stereocenters. The number of aromatic nitrogens is 1. The van der Waals surface area contributed by atoms with Gasteiger partial charge in [-0.15, -0.1) is 0 Å². The summed E-state index contributed by atoms with van der Waals surface area (Å²) in [6, 6.07) is 3.62. The van der Waals surface area contributed by atoms with Crippen LogP contribution >= 0.6 is 11.6 Å². The third-order valence-electron chi connectivity index (χ3n) is 4.79. The molecule has 4 rings (SSSR count). The van der Waals surface area contributed by atoms with E-state index >= 15 is 0 Å². The van der Waals surface area contributed by atoms with E-state index in [0.717, 1.165) is 45.3 Å². The van der Waals surface area contributed by atoms with E-state index in [0.29, 0.717) is 23.0 Å². The largest absolute Gasteiger partial charge is 0.446 e. The molecule has 5 nitrogen and oxygen atoms in total. The molecule has 0 spiro atoms. The zero-order valence-electron chi connectivity index (χ0n) is 18.6. The van der Waals surface area contributed by atoms with Crippen LogP contribution < -0.4 is 10.6 Å². The molecule has 2 aliphatic rings. The average molecular weight is 428 g/mol. The van der Waals surface area contributed by atoms with Gasteiger partial charge in [0.1, 0.15) is 5.76 Å². The Kier molecular flexibility index (Phi) is 7.68. The average Bonchev–Trinajstić information content (AvgIpc) is 3.35. The zero-order valence-corrected chi connectivity index (χ0v) is 19.3. The smallest absolute Gasteiger partial charge is 0.254 e. The highest BCUT2D eigenvalue weighted by Crippen LogP contribution is 2.39. The van der Waals surface area contributed by atoms with E-state index in [-0.39, 0.29) is 5.91 Å². The number of rotatable bonds is 3. The van der Waals surface area contributed by atoms with Gasteiger partial charge in [0.05, 0.1) is 17.4 Å². The van der Waals surface area contributed by atoms with E-state index < -0.39 is 0 Å². The van der Waals surface area contributed by atoms with Gasteiger partial charge in [-0.3, -0.25) is 4.79 Å². The molecule has 1 aromatic heterocycles. The fourth-order valence-corrected chi connectivity index (χ4v) is 3.27. The van der Waals surface area contributed by atoms with Gasteiger partial charge in [0, 0.05) is 28.7 Å². The van der Waals surface area contributed by atoms with Crippen LogP contribution in [0.15, 0.2) is 58.3 Å². The van der Waals surface area contributed by atoms with Crippen molar-refractivity contribution in [2.45, 2.75) is 54.0 Å². The topological polar surface area (TPSA) is 67.2 Å². The molecular formula is C24H30ClN3O2. The van der Waals surface area contributed by atoms with E-state index in [9.17, 15) is 4.79 Å². The first kappa shape index (κ1) is 23.5. The second-order valence-electron chi connectivity index (χ2n) is 7.18. The summed E-state index contributed by atoms with van der Waals surface area (Å²) >= 11 is 6.11. The van der Waals surface area contributed by atoms with Crippen LogP contribution in [-0.2, 0) is 6.54 Å². The lowest BCUT2D eigenvalue weighted by Crippen LogP contribution is -2.18. The highest BCUT2D eigenvalue weighted by molar-refractivity contribution is 6.32. The number of fused-ring (bicyclic) bond motifs is 1. The molecule has 1 aromatic carbocycles. The Morgan fingerprint density at radius 3 is 2.37 bits per heavy atom. The number of allylic oxidation sites excluding steroid dienone is 2. The minimum Gasteiger partial charge on any atom is -0.446 e. The Labute approximate surface area is 183 Å². The molecular weight excluding hydrogens is 398 g/mol. The van der Waals surface area contributed by atoms with E-state index in [4.69, 9.17) is 16.0 Å². The molecule has 2 heterocycles. The first-order chi connectivity index (χ1) is 14.2. The van der Waals surface area contributed by atoms with Crippen molar-refractivity contribution >= 4 is 23.2 Å². The molecule has 6 heteroatoms. The molecule has 0 saturated heterocycles. The molecule has 0 bridgehead atoms. The predicted octanol–water partition coefficient (Wildman–Crippen LogP) is 6.53. The van der Waals surface area contributed by atoms with Crippen molar-refractivity contribution in [2.24, 2.45) is 0 Å². The van der Waals surface area contributed by atoms with Crippen molar-refractivity contribution in [3.8, 4) is 0 Å². The van der Waals surface area contributed by atoms with E-state index in [1.807, 2.05) is 33.8 Å². The molecule has 2 aromatic rings. The first-order valence-electron chi connectivity index (χ1n) is 10.1. The maximum atomic E-state index is 11.9. The van der Waals surface area contributed by atoms with Gasteiger partial charge in [-0.25, -0.2) is 4.98 Å². The van der Waals surface area contributed by atoms with Gasteiger partial charge in [0.2, 0.25) is 0 Å². The lowest BCUT2D eigenvalue weighted by atomic mass is 9.85. The number of benzene rings is 1. The summed E-state index contributed by atoms with van der Waals surface area (Å²) in [6.45, 7) is 20.4. The fraction of sp³-hybridized carbons (Fsp3) is 0.333. The lowest BCUT2D eigenvalue weighted by molar-refractivity contribution is 0.0966. The maximum Gasteiger partial charge on any atom is 0.254 e. The summed E-state index contributed by atoms with van der Waals surface area (Å²) < 4.78 is 5.23. The number of carbonyl (C=O) groups excluding carboxylic acids is 1. The maximum absolute atomic E-state index is 11.9. The Balaban J connectivity index is 0.000000245. The van der Waals surface area contributed by atoms with E-state index in [1.165, 1.54) is 0 Å². The number of oxazole rings is 1. The number of nitrogens with one attached hydrogen (secondary N) is 2. The number of nitrogens with zero attached hydrogens (tertiary/aromatic N) is 1. The van der Waals surface area contributed by atoms with Gasteiger partial charge in [-0.2, -0.15) is 0 Å². The predicted molar refractivity (Wildman–Crippen MR) is 124 cm³/mol. The van der Waals surface area contributed by atoms with Crippen molar-refractivity contribution < 1.29 is 9.21 Å². The Morgan fingerprint density at radius 2 is 1.87 bits per heavy atom. The molecule has 0 saturated carbocycles. The first-order valence-corrected chi connectivity index (χ1v) is 10.5. The Morgan fingerprint density at radius 1 is 1.20 bits per heavy atom. The second-order valence-corrected chi connectivity index (χ2v) is 7.58. The Hall–Kier alpha value is -2.79. The summed E-state index contributed by atoms with van der Waals surface area (Å²) in [5.41, 5.74) is 6.09. The number of amides is 1. The minimum atomic E-state index is -0.0954. The van der Waals surface area contributed by atoms with Gasteiger partial charge in [-0.05, 0) is 42.7 Å². The molecule has 30 heavy (non-hydrogen) atoms. The molecule has 1 amide bonds. The Bertz CT molecular complexity index is 1020. The van der Waals surface area contributed by atoms with Crippen LogP contribution in [0.5, 0.6) is 0 Å². The molecule has 1 aliphatic heterocycles. The number of carbonyl (C=O) groups is 1. The number of aryl methyl sites for hydroxylation is 1. The molecule has 160 valence electrons. The van der Waals surface area contributed by atoms with Gasteiger partial charge < -0.3 is 15.1 Å². The van der Waals surface area contributed by atoms with Crippen molar-refractivity contribution in [1.29, 1.82) is 0 Å². The standard InChI is InChI=1S/C15H13ClN2O.C7H11NO.C2H6/c1-7-8(2)14(9(7)3)18-12-5-4-11(16)10-6-17-15(19)13(10)12;1-5(2)7-8-4-6(3)9-7;1-2/h4-5,18H,1-2,6H2,3H3,(H,17,19);4-5H,1-3H3;1-2H3. The summed E-state index contributed by atoms with van der Waals surface area (Å²) in [6.07, 6.45) is 1.75. The molecule has 0 radical (unpaired) electrons. The van der Waals surface area contributed by atoms with Crippen molar-refractivity contribution in [2.75, 3.05) is 5.32 Å². The number of hydrogen-bond donors (Lipinski definition) is 2. The summed E-state index contributed by atoms with van der Waals surface area (Å²) in [4.78, 5) is 15.9. The van der Waals surface area contributed by atoms with E-state index in [1.54, 1.807) is 12.3 Å². The van der Waals surface area contributed by atoms with Crippen LogP contribution in [-0.4, -0.2) is 10.9 Å². The van der Waals surface area contributed by atoms with Crippen molar-refractivity contribution in [3.05, 3.63) is 81.7 Å². The summed E-state index contributed by atoms with van der Waals surface area (Å²) in [5.74, 6) is 2.02. The van der Waals surface area contributed by atoms with Crippen molar-refractivity contribution in [3.63, 3.8) is 0 Å². The third kappa shape index (κ3) is 4.68. The van der Waals surface area contributed by atoms with Crippen molar-refractivity contribution in [1.82, 2.24) is 10.3 Å². The number of halogens is 1. The van der Waals surface area contributed by atoms with Gasteiger partial charge in [-0.1, -0.05) is 52.5 Å². The quantitative estimate of drug-likeness (QED) is 0.584. The second kappa shape index (κ2) is 9.81. The lowest BCUT2D eigenvalue weighted by Gasteiger charge is -2.28. The zero-order chi connectivity index (χ0) is 22.6. The summed E-state index contributed by atoms with van der Waals surface area (Å²) in [7, 11) is 0. The molecule has 2 N–H and O–H groups in total. The number of hydrogen-bond acceptors (Lipinski definition) is 4. The van der Waals surface area contributed by atoms with Crippen LogP contribution in [0.4, 0.5) is 5.69 Å². The summed E-state index contributed by atoms with van der Waals surface area (Å²) in [5, 5.41) is 6.67. The van der Waals surface area contributed by atoms with Crippen LogP contribution in [0, 0.1) is 6.92 Å². The normalized spacial score (nSPS) is 14.3. The van der Waals surface area contributed by atoms with Crippen LogP contribution in [0.3, 0.4) is 0 Å². The molecule has 0 unspecified atom stereocenters. The van der Waals surface area contributed by atoms with Crippen LogP contribution in [0.25, 0.3) is 0 Å². The monoisotopic (exact) mass is 427 g/mol. The SMILES string of the molecule is C=C1C(=C)C(Nc2ccc(Cl)c3c2C(=O)NC3)=C1C.CC.Cc1cnc(C(C)C)o1. The molecule has 0 fully saturated rings. The highest BCUT2D eigenvalue weighted by atomic mass is 35.5. The van der Waals surface area contributed by atoms with Gasteiger partial charge >= 0.3 is 0 Å².